The third-order valence-electron chi connectivity index (χ3n) is 4.64. The lowest BCUT2D eigenvalue weighted by Gasteiger charge is -2.28. The van der Waals surface area contributed by atoms with Crippen molar-refractivity contribution in [3.8, 4) is 0 Å². The molecule has 0 bridgehead atoms. The first-order valence-electron chi connectivity index (χ1n) is 8.70. The van der Waals surface area contributed by atoms with Crippen molar-refractivity contribution >= 4 is 23.3 Å². The fourth-order valence-corrected chi connectivity index (χ4v) is 3.23. The molecule has 6 nitrogen and oxygen atoms in total. The number of nitrogens with one attached hydrogen (secondary N) is 2. The molecule has 2 fully saturated rings. The number of urea groups is 1. The van der Waals surface area contributed by atoms with E-state index in [1.807, 2.05) is 30.0 Å². The number of carbonyl (C=O) groups is 2. The van der Waals surface area contributed by atoms with Gasteiger partial charge in [-0.15, -0.1) is 0 Å². The minimum atomic E-state index is -0.207. The average molecular weight is 331 g/mol. The maximum Gasteiger partial charge on any atom is 0.319 e. The van der Waals surface area contributed by atoms with E-state index in [4.69, 9.17) is 4.74 Å². The van der Waals surface area contributed by atoms with Gasteiger partial charge in [0.1, 0.15) is 0 Å². The fourth-order valence-electron chi connectivity index (χ4n) is 3.23. The van der Waals surface area contributed by atoms with Crippen molar-refractivity contribution in [1.82, 2.24) is 5.32 Å². The van der Waals surface area contributed by atoms with Gasteiger partial charge in [0.25, 0.3) is 0 Å². The van der Waals surface area contributed by atoms with Gasteiger partial charge >= 0.3 is 6.03 Å². The van der Waals surface area contributed by atoms with Crippen LogP contribution in [0.25, 0.3) is 0 Å². The molecule has 0 aliphatic carbocycles. The van der Waals surface area contributed by atoms with Gasteiger partial charge in [-0.3, -0.25) is 4.79 Å². The van der Waals surface area contributed by atoms with E-state index in [1.165, 1.54) is 0 Å². The Morgan fingerprint density at radius 1 is 1.25 bits per heavy atom. The molecule has 0 aromatic heterocycles. The van der Waals surface area contributed by atoms with E-state index in [2.05, 4.69) is 10.6 Å². The first-order valence-corrected chi connectivity index (χ1v) is 8.70. The Balaban J connectivity index is 1.66. The molecule has 1 aromatic rings. The Labute approximate surface area is 142 Å². The molecule has 2 aliphatic rings. The Bertz CT molecular complexity index is 612. The van der Waals surface area contributed by atoms with Crippen molar-refractivity contribution in [3.05, 3.63) is 23.8 Å². The van der Waals surface area contributed by atoms with Crippen LogP contribution < -0.4 is 15.5 Å². The SMILES string of the molecule is Cc1ccc(NC(=O)NC2CCOCC2)cc1N1CCCCC1=O. The number of carbonyl (C=O) groups excluding carboxylic acids is 2. The van der Waals surface area contributed by atoms with Gasteiger partial charge in [0.15, 0.2) is 0 Å². The molecule has 0 unspecified atom stereocenters. The van der Waals surface area contributed by atoms with E-state index in [1.54, 1.807) is 0 Å². The van der Waals surface area contributed by atoms with Gasteiger partial charge in [-0.1, -0.05) is 6.07 Å². The van der Waals surface area contributed by atoms with Crippen molar-refractivity contribution in [2.45, 2.75) is 45.1 Å². The quantitative estimate of drug-likeness (QED) is 0.895. The van der Waals surface area contributed by atoms with Crippen molar-refractivity contribution in [3.63, 3.8) is 0 Å². The van der Waals surface area contributed by atoms with Crippen LogP contribution in [0.5, 0.6) is 0 Å². The van der Waals surface area contributed by atoms with Crippen LogP contribution in [0.1, 0.15) is 37.7 Å². The maximum absolute atomic E-state index is 12.2. The molecule has 2 heterocycles. The van der Waals surface area contributed by atoms with Crippen LogP contribution in [0.4, 0.5) is 16.2 Å². The molecule has 24 heavy (non-hydrogen) atoms. The van der Waals surface area contributed by atoms with Crippen LogP contribution in [0.2, 0.25) is 0 Å². The summed E-state index contributed by atoms with van der Waals surface area (Å²) < 4.78 is 5.30. The second-order valence-corrected chi connectivity index (χ2v) is 6.49. The summed E-state index contributed by atoms with van der Waals surface area (Å²) >= 11 is 0. The van der Waals surface area contributed by atoms with Crippen molar-refractivity contribution in [2.75, 3.05) is 30.0 Å². The number of anilines is 2. The van der Waals surface area contributed by atoms with Crippen LogP contribution in [-0.2, 0) is 9.53 Å². The minimum Gasteiger partial charge on any atom is -0.381 e. The molecular formula is C18H25N3O3. The largest absolute Gasteiger partial charge is 0.381 e. The Kier molecular flexibility index (Phi) is 5.35. The van der Waals surface area contributed by atoms with Gasteiger partial charge in [0, 0.05) is 43.6 Å². The lowest BCUT2D eigenvalue weighted by Crippen LogP contribution is -2.41. The van der Waals surface area contributed by atoms with Crippen molar-refractivity contribution in [2.24, 2.45) is 0 Å². The van der Waals surface area contributed by atoms with Crippen molar-refractivity contribution < 1.29 is 14.3 Å². The zero-order valence-corrected chi connectivity index (χ0v) is 14.1. The fraction of sp³-hybridized carbons (Fsp3) is 0.556. The molecule has 3 rings (SSSR count). The zero-order chi connectivity index (χ0) is 16.9. The number of rotatable bonds is 3. The number of benzene rings is 1. The van der Waals surface area contributed by atoms with E-state index in [0.29, 0.717) is 25.3 Å². The highest BCUT2D eigenvalue weighted by Gasteiger charge is 2.22. The van der Waals surface area contributed by atoms with Gasteiger partial charge in [-0.05, 0) is 50.3 Å². The second kappa shape index (κ2) is 7.66. The van der Waals surface area contributed by atoms with Crippen LogP contribution >= 0.6 is 0 Å². The first kappa shape index (κ1) is 16.8. The summed E-state index contributed by atoms with van der Waals surface area (Å²) in [4.78, 5) is 26.2. The summed E-state index contributed by atoms with van der Waals surface area (Å²) in [6, 6.07) is 5.66. The van der Waals surface area contributed by atoms with Crippen LogP contribution in [0.3, 0.4) is 0 Å². The number of hydrogen-bond donors (Lipinski definition) is 2. The van der Waals surface area contributed by atoms with E-state index < -0.39 is 0 Å². The number of nitrogens with zero attached hydrogens (tertiary/aromatic N) is 1. The third-order valence-corrected chi connectivity index (χ3v) is 4.64. The highest BCUT2D eigenvalue weighted by Crippen LogP contribution is 2.27. The molecule has 0 saturated carbocycles. The topological polar surface area (TPSA) is 70.7 Å². The van der Waals surface area contributed by atoms with E-state index in [0.717, 1.165) is 43.5 Å². The summed E-state index contributed by atoms with van der Waals surface area (Å²) in [5, 5.41) is 5.86. The van der Waals surface area contributed by atoms with Crippen LogP contribution in [0.15, 0.2) is 18.2 Å². The summed E-state index contributed by atoms with van der Waals surface area (Å²) in [6.45, 7) is 4.12. The molecule has 2 N–H and O–H groups in total. The summed E-state index contributed by atoms with van der Waals surface area (Å²) in [7, 11) is 0. The standard InChI is InChI=1S/C18H25N3O3/c1-13-5-6-15(12-16(13)21-9-3-2-4-17(21)22)20-18(23)19-14-7-10-24-11-8-14/h5-6,12,14H,2-4,7-11H2,1H3,(H2,19,20,23). The highest BCUT2D eigenvalue weighted by atomic mass is 16.5. The van der Waals surface area contributed by atoms with Crippen molar-refractivity contribution in [1.29, 1.82) is 0 Å². The number of ether oxygens (including phenoxy) is 1. The lowest BCUT2D eigenvalue weighted by molar-refractivity contribution is -0.119. The molecule has 0 atom stereocenters. The molecule has 2 saturated heterocycles. The summed E-state index contributed by atoms with van der Waals surface area (Å²) in [5.41, 5.74) is 2.64. The molecule has 0 spiro atoms. The number of aryl methyl sites for hydroxylation is 1. The summed E-state index contributed by atoms with van der Waals surface area (Å²) in [5.74, 6) is 0.160. The van der Waals surface area contributed by atoms with Gasteiger partial charge in [-0.2, -0.15) is 0 Å². The maximum atomic E-state index is 12.2. The second-order valence-electron chi connectivity index (χ2n) is 6.49. The summed E-state index contributed by atoms with van der Waals surface area (Å²) in [6.07, 6.45) is 4.26. The molecular weight excluding hydrogens is 306 g/mol. The van der Waals surface area contributed by atoms with Crippen LogP contribution in [-0.4, -0.2) is 37.7 Å². The Morgan fingerprint density at radius 3 is 2.79 bits per heavy atom. The molecule has 6 heteroatoms. The number of piperidine rings is 1. The third kappa shape index (κ3) is 4.06. The predicted molar refractivity (Wildman–Crippen MR) is 93.4 cm³/mol. The normalized spacial score (nSPS) is 19.2. The van der Waals surface area contributed by atoms with Gasteiger partial charge < -0.3 is 20.3 Å². The minimum absolute atomic E-state index is 0.160. The molecule has 130 valence electrons. The number of amides is 3. The average Bonchev–Trinajstić information content (AvgIpc) is 2.58. The van der Waals surface area contributed by atoms with Gasteiger partial charge in [0.05, 0.1) is 0 Å². The smallest absolute Gasteiger partial charge is 0.319 e. The lowest BCUT2D eigenvalue weighted by atomic mass is 10.1. The van der Waals surface area contributed by atoms with E-state index in [9.17, 15) is 9.59 Å². The van der Waals surface area contributed by atoms with Gasteiger partial charge in [0.2, 0.25) is 5.91 Å². The van der Waals surface area contributed by atoms with Crippen LogP contribution in [0, 0.1) is 6.92 Å². The van der Waals surface area contributed by atoms with E-state index in [-0.39, 0.29) is 18.0 Å². The zero-order valence-electron chi connectivity index (χ0n) is 14.1. The Morgan fingerprint density at radius 2 is 2.04 bits per heavy atom. The molecule has 2 aliphatic heterocycles. The van der Waals surface area contributed by atoms with E-state index >= 15 is 0 Å². The molecule has 3 amide bonds. The molecule has 1 aromatic carbocycles. The highest BCUT2D eigenvalue weighted by molar-refractivity contribution is 5.96. The predicted octanol–water partition coefficient (Wildman–Crippen LogP) is 2.81. The number of hydrogen-bond acceptors (Lipinski definition) is 3. The monoisotopic (exact) mass is 331 g/mol. The van der Waals surface area contributed by atoms with Gasteiger partial charge in [-0.25, -0.2) is 4.79 Å². The Hall–Kier alpha value is -2.08. The molecule has 0 radical (unpaired) electrons. The first-order chi connectivity index (χ1) is 11.6.